The number of hydrogen-bond donors (Lipinski definition) is 1. The predicted octanol–water partition coefficient (Wildman–Crippen LogP) is 5.37. The van der Waals surface area contributed by atoms with Gasteiger partial charge in [0.15, 0.2) is 0 Å². The van der Waals surface area contributed by atoms with Gasteiger partial charge in [-0.2, -0.15) is 5.26 Å². The van der Waals surface area contributed by atoms with Crippen molar-refractivity contribution in [3.05, 3.63) is 96.1 Å². The molecule has 4 aromatic carbocycles. The van der Waals surface area contributed by atoms with Crippen molar-refractivity contribution in [1.29, 1.82) is 5.26 Å². The van der Waals surface area contributed by atoms with Crippen molar-refractivity contribution in [2.24, 2.45) is 0 Å². The third-order valence-corrected chi connectivity index (χ3v) is 4.27. The molecule has 0 fully saturated rings. The molecule has 0 heterocycles. The van der Waals surface area contributed by atoms with Crippen LogP contribution in [0, 0.1) is 11.3 Å². The van der Waals surface area contributed by atoms with E-state index in [2.05, 4.69) is 30.3 Å². The highest BCUT2D eigenvalue weighted by atomic mass is 16.4. The second-order valence-electron chi connectivity index (χ2n) is 6.27. The number of carbonyl (C=O) groups is 1. The second kappa shape index (κ2) is 8.64. The van der Waals surface area contributed by atoms with E-state index in [9.17, 15) is 4.79 Å². The first-order valence-electron chi connectivity index (χ1n) is 8.70. The molecule has 0 saturated carbocycles. The van der Waals surface area contributed by atoms with E-state index in [1.54, 1.807) is 0 Å². The summed E-state index contributed by atoms with van der Waals surface area (Å²) in [5.74, 6) is -0.791. The normalized spacial score (nSPS) is 10.0. The first-order chi connectivity index (χ1) is 13.2. The highest BCUT2D eigenvalue weighted by molar-refractivity contribution is 5.84. The first-order valence-corrected chi connectivity index (χ1v) is 8.70. The molecule has 0 unspecified atom stereocenters. The van der Waals surface area contributed by atoms with Gasteiger partial charge in [0.25, 0.3) is 0 Å². The van der Waals surface area contributed by atoms with Gasteiger partial charge in [-0.3, -0.25) is 4.79 Å². The molecule has 0 atom stereocenters. The Balaban J connectivity index is 0.000000156. The fourth-order valence-corrected chi connectivity index (χ4v) is 2.96. The van der Waals surface area contributed by atoms with Gasteiger partial charge < -0.3 is 5.11 Å². The molecule has 132 valence electrons. The smallest absolute Gasteiger partial charge is 0.307 e. The van der Waals surface area contributed by atoms with E-state index in [0.29, 0.717) is 6.42 Å². The monoisotopic (exact) mass is 353 g/mol. The number of aliphatic carboxylic acids is 1. The standard InChI is InChI=1S/C12H9N.C12H10O2/c13-8-7-10-5-6-11-3-1-2-4-12(11)9-10;13-12(14)8-9-5-6-10-3-1-2-4-11(10)7-9/h1-6,9H,7H2;1-7H,8H2,(H,13,14). The fourth-order valence-electron chi connectivity index (χ4n) is 2.96. The van der Waals surface area contributed by atoms with Gasteiger partial charge in [-0.25, -0.2) is 0 Å². The van der Waals surface area contributed by atoms with E-state index in [4.69, 9.17) is 10.4 Å². The zero-order valence-electron chi connectivity index (χ0n) is 14.8. The molecular formula is C24H19NO2. The van der Waals surface area contributed by atoms with Gasteiger partial charge >= 0.3 is 5.97 Å². The molecule has 27 heavy (non-hydrogen) atoms. The topological polar surface area (TPSA) is 61.1 Å². The van der Waals surface area contributed by atoms with E-state index in [1.807, 2.05) is 60.7 Å². The molecular weight excluding hydrogens is 334 g/mol. The zero-order chi connectivity index (χ0) is 19.1. The Bertz CT molecular complexity index is 1130. The van der Waals surface area contributed by atoms with Gasteiger partial charge in [0, 0.05) is 0 Å². The molecule has 3 heteroatoms. The van der Waals surface area contributed by atoms with Crippen LogP contribution < -0.4 is 0 Å². The van der Waals surface area contributed by atoms with Crippen LogP contribution in [0.25, 0.3) is 21.5 Å². The molecule has 0 bridgehead atoms. The number of carboxylic acids is 1. The van der Waals surface area contributed by atoms with Crippen LogP contribution in [0.15, 0.2) is 84.9 Å². The van der Waals surface area contributed by atoms with E-state index in [1.165, 1.54) is 10.8 Å². The minimum atomic E-state index is -0.791. The highest BCUT2D eigenvalue weighted by Crippen LogP contribution is 2.16. The van der Waals surface area contributed by atoms with Crippen molar-refractivity contribution < 1.29 is 9.90 Å². The molecule has 4 rings (SSSR count). The minimum absolute atomic E-state index is 0.0881. The second-order valence-corrected chi connectivity index (χ2v) is 6.27. The molecule has 0 amide bonds. The number of nitrogens with zero attached hydrogens (tertiary/aromatic N) is 1. The number of carboxylic acid groups (broad SMARTS) is 1. The Kier molecular flexibility index (Phi) is 5.81. The quantitative estimate of drug-likeness (QED) is 0.538. The Labute approximate surface area is 158 Å². The molecule has 0 aliphatic rings. The summed E-state index contributed by atoms with van der Waals surface area (Å²) in [6.07, 6.45) is 0.579. The van der Waals surface area contributed by atoms with E-state index in [0.717, 1.165) is 21.9 Å². The number of hydrogen-bond acceptors (Lipinski definition) is 2. The number of benzene rings is 4. The van der Waals surface area contributed by atoms with Crippen molar-refractivity contribution in [2.45, 2.75) is 12.8 Å². The lowest BCUT2D eigenvalue weighted by molar-refractivity contribution is -0.136. The molecule has 1 N–H and O–H groups in total. The van der Waals surface area contributed by atoms with Gasteiger partial charge in [0.1, 0.15) is 0 Å². The number of fused-ring (bicyclic) bond motifs is 2. The fraction of sp³-hybridized carbons (Fsp3) is 0.0833. The van der Waals surface area contributed by atoms with Crippen molar-refractivity contribution in [2.75, 3.05) is 0 Å². The molecule has 0 spiro atoms. The summed E-state index contributed by atoms with van der Waals surface area (Å²) in [7, 11) is 0. The average molecular weight is 353 g/mol. The van der Waals surface area contributed by atoms with Gasteiger partial charge in [-0.15, -0.1) is 0 Å². The van der Waals surface area contributed by atoms with Crippen molar-refractivity contribution in [1.82, 2.24) is 0 Å². The number of rotatable bonds is 3. The SMILES string of the molecule is N#CCc1ccc2ccccc2c1.O=C(O)Cc1ccc2ccccc2c1. The minimum Gasteiger partial charge on any atom is -0.481 e. The van der Waals surface area contributed by atoms with Crippen molar-refractivity contribution >= 4 is 27.5 Å². The van der Waals surface area contributed by atoms with Crippen LogP contribution in [0.3, 0.4) is 0 Å². The maximum atomic E-state index is 10.5. The summed E-state index contributed by atoms with van der Waals surface area (Å²) in [4.78, 5) is 10.5. The Morgan fingerprint density at radius 2 is 1.22 bits per heavy atom. The summed E-state index contributed by atoms with van der Waals surface area (Å²) >= 11 is 0. The van der Waals surface area contributed by atoms with Crippen molar-refractivity contribution in [3.8, 4) is 6.07 Å². The summed E-state index contributed by atoms with van der Waals surface area (Å²) in [5.41, 5.74) is 1.93. The van der Waals surface area contributed by atoms with Gasteiger partial charge in [-0.05, 0) is 32.7 Å². The summed E-state index contributed by atoms with van der Waals surface area (Å²) in [6.45, 7) is 0. The van der Waals surface area contributed by atoms with Crippen LogP contribution in [0.5, 0.6) is 0 Å². The lowest BCUT2D eigenvalue weighted by Crippen LogP contribution is -1.99. The summed E-state index contributed by atoms with van der Waals surface area (Å²) in [6, 6.07) is 30.1. The third kappa shape index (κ3) is 4.93. The molecule has 4 aromatic rings. The maximum Gasteiger partial charge on any atom is 0.307 e. The van der Waals surface area contributed by atoms with Crippen LogP contribution in [-0.4, -0.2) is 11.1 Å². The van der Waals surface area contributed by atoms with E-state index < -0.39 is 5.97 Å². The molecule has 0 aliphatic heterocycles. The summed E-state index contributed by atoms with van der Waals surface area (Å²) < 4.78 is 0. The van der Waals surface area contributed by atoms with E-state index >= 15 is 0 Å². The zero-order valence-corrected chi connectivity index (χ0v) is 14.8. The van der Waals surface area contributed by atoms with Crippen LogP contribution in [0.4, 0.5) is 0 Å². The Morgan fingerprint density at radius 3 is 1.74 bits per heavy atom. The van der Waals surface area contributed by atoms with Gasteiger partial charge in [0.2, 0.25) is 0 Å². The van der Waals surface area contributed by atoms with Crippen LogP contribution in [0.1, 0.15) is 11.1 Å². The largest absolute Gasteiger partial charge is 0.481 e. The first kappa shape index (κ1) is 18.2. The molecule has 0 radical (unpaired) electrons. The maximum absolute atomic E-state index is 10.5. The van der Waals surface area contributed by atoms with Gasteiger partial charge in [-0.1, -0.05) is 84.9 Å². The third-order valence-electron chi connectivity index (χ3n) is 4.27. The molecule has 0 aromatic heterocycles. The van der Waals surface area contributed by atoms with Crippen LogP contribution in [0.2, 0.25) is 0 Å². The summed E-state index contributed by atoms with van der Waals surface area (Å²) in [5, 5.41) is 21.8. The highest BCUT2D eigenvalue weighted by Gasteiger charge is 2.00. The van der Waals surface area contributed by atoms with E-state index in [-0.39, 0.29) is 6.42 Å². The van der Waals surface area contributed by atoms with Crippen molar-refractivity contribution in [3.63, 3.8) is 0 Å². The lowest BCUT2D eigenvalue weighted by Gasteiger charge is -2.00. The lowest BCUT2D eigenvalue weighted by atomic mass is 10.1. The Hall–Kier alpha value is -3.64. The van der Waals surface area contributed by atoms with Crippen LogP contribution >= 0.6 is 0 Å². The van der Waals surface area contributed by atoms with Crippen LogP contribution in [-0.2, 0) is 17.6 Å². The molecule has 0 aliphatic carbocycles. The Morgan fingerprint density at radius 1 is 0.741 bits per heavy atom. The molecule has 0 saturated heterocycles. The molecule has 3 nitrogen and oxygen atoms in total. The average Bonchev–Trinajstić information content (AvgIpc) is 2.68. The number of nitriles is 1. The predicted molar refractivity (Wildman–Crippen MR) is 109 cm³/mol. The van der Waals surface area contributed by atoms with Gasteiger partial charge in [0.05, 0.1) is 18.9 Å².